The van der Waals surface area contributed by atoms with E-state index in [1.165, 1.54) is 18.2 Å². The van der Waals surface area contributed by atoms with Crippen LogP contribution in [0.5, 0.6) is 0 Å². The van der Waals surface area contributed by atoms with E-state index in [4.69, 9.17) is 0 Å². The molecule has 132 valence electrons. The Labute approximate surface area is 149 Å². The van der Waals surface area contributed by atoms with Crippen LogP contribution in [0, 0.1) is 0 Å². The average molecular weight is 358 g/mol. The fourth-order valence-corrected chi connectivity index (χ4v) is 3.41. The van der Waals surface area contributed by atoms with E-state index < -0.39 is 10.0 Å². The maximum absolute atomic E-state index is 12.8. The van der Waals surface area contributed by atoms with Crippen LogP contribution in [0.4, 0.5) is 0 Å². The number of carbonyl (C=O) groups excluding carboxylic acids is 1. The van der Waals surface area contributed by atoms with E-state index in [1.807, 2.05) is 37.3 Å². The van der Waals surface area contributed by atoms with Crippen LogP contribution in [0.2, 0.25) is 0 Å². The molecule has 0 aromatic heterocycles. The smallest absolute Gasteiger partial charge is 0.254 e. The lowest BCUT2D eigenvalue weighted by Crippen LogP contribution is -2.30. The number of amides is 1. The molecule has 0 fully saturated rings. The zero-order chi connectivity index (χ0) is 18.3. The summed E-state index contributed by atoms with van der Waals surface area (Å²) in [6.07, 6.45) is 1.46. The van der Waals surface area contributed by atoms with Crippen LogP contribution in [-0.4, -0.2) is 32.3 Å². The summed E-state index contributed by atoms with van der Waals surface area (Å²) in [4.78, 5) is 14.5. The number of carbonyl (C=O) groups is 1. The van der Waals surface area contributed by atoms with Gasteiger partial charge in [-0.25, -0.2) is 13.1 Å². The Morgan fingerprint density at radius 3 is 2.52 bits per heavy atom. The number of hydrogen-bond donors (Lipinski definition) is 1. The number of benzene rings is 2. The topological polar surface area (TPSA) is 66.5 Å². The minimum Gasteiger partial charge on any atom is -0.335 e. The molecular weight excluding hydrogens is 336 g/mol. The lowest BCUT2D eigenvalue weighted by atomic mass is 10.1. The molecule has 25 heavy (non-hydrogen) atoms. The minimum atomic E-state index is -3.66. The van der Waals surface area contributed by atoms with Gasteiger partial charge in [-0.2, -0.15) is 0 Å². The highest BCUT2D eigenvalue weighted by Gasteiger charge is 2.18. The SMILES string of the molecule is C=CCNS(=O)(=O)c1cccc(C(=O)N(CC)Cc2ccccc2)c1. The van der Waals surface area contributed by atoms with Crippen molar-refractivity contribution in [3.8, 4) is 0 Å². The molecule has 0 aliphatic carbocycles. The quantitative estimate of drug-likeness (QED) is 0.738. The Kier molecular flexibility index (Phi) is 6.50. The van der Waals surface area contributed by atoms with Gasteiger partial charge in [0.15, 0.2) is 0 Å². The number of rotatable bonds is 8. The molecule has 2 aromatic carbocycles. The van der Waals surface area contributed by atoms with E-state index in [0.717, 1.165) is 5.56 Å². The van der Waals surface area contributed by atoms with Gasteiger partial charge >= 0.3 is 0 Å². The van der Waals surface area contributed by atoms with Gasteiger partial charge in [-0.05, 0) is 30.7 Å². The molecule has 2 aromatic rings. The first-order chi connectivity index (χ1) is 12.0. The van der Waals surface area contributed by atoms with Gasteiger partial charge in [-0.3, -0.25) is 4.79 Å². The molecule has 0 unspecified atom stereocenters. The first-order valence-electron chi connectivity index (χ1n) is 8.01. The van der Waals surface area contributed by atoms with Gasteiger partial charge in [0.25, 0.3) is 5.91 Å². The number of sulfonamides is 1. The van der Waals surface area contributed by atoms with Gasteiger partial charge < -0.3 is 4.90 Å². The van der Waals surface area contributed by atoms with E-state index >= 15 is 0 Å². The van der Waals surface area contributed by atoms with E-state index in [1.54, 1.807) is 17.0 Å². The Hall–Kier alpha value is -2.44. The molecular formula is C19H22N2O3S. The molecule has 0 saturated carbocycles. The second-order valence-electron chi connectivity index (χ2n) is 5.47. The standard InChI is InChI=1S/C19H22N2O3S/c1-3-13-20-25(23,24)18-12-8-11-17(14-18)19(22)21(4-2)15-16-9-6-5-7-10-16/h3,5-12,14,20H,1,4,13,15H2,2H3. The lowest BCUT2D eigenvalue weighted by Gasteiger charge is -2.21. The molecule has 2 rings (SSSR count). The zero-order valence-electron chi connectivity index (χ0n) is 14.2. The highest BCUT2D eigenvalue weighted by molar-refractivity contribution is 7.89. The van der Waals surface area contributed by atoms with Crippen LogP contribution in [0.15, 0.2) is 72.1 Å². The molecule has 0 atom stereocenters. The van der Waals surface area contributed by atoms with Crippen molar-refractivity contribution >= 4 is 15.9 Å². The summed E-state index contributed by atoms with van der Waals surface area (Å²) in [6, 6.07) is 15.8. The molecule has 1 N–H and O–H groups in total. The van der Waals surface area contributed by atoms with Gasteiger partial charge in [0.05, 0.1) is 4.90 Å². The number of hydrogen-bond acceptors (Lipinski definition) is 3. The van der Waals surface area contributed by atoms with E-state index in [0.29, 0.717) is 18.7 Å². The van der Waals surface area contributed by atoms with Crippen LogP contribution >= 0.6 is 0 Å². The van der Waals surface area contributed by atoms with Crippen molar-refractivity contribution in [2.45, 2.75) is 18.4 Å². The molecule has 6 heteroatoms. The van der Waals surface area contributed by atoms with Crippen LogP contribution < -0.4 is 4.72 Å². The van der Waals surface area contributed by atoms with Gasteiger partial charge in [0, 0.05) is 25.2 Å². The predicted octanol–water partition coefficient (Wildman–Crippen LogP) is 2.81. The summed E-state index contributed by atoms with van der Waals surface area (Å²) in [5.74, 6) is -0.202. The molecule has 0 aliphatic heterocycles. The Morgan fingerprint density at radius 1 is 1.16 bits per heavy atom. The van der Waals surface area contributed by atoms with Crippen molar-refractivity contribution in [1.29, 1.82) is 0 Å². The molecule has 0 heterocycles. The molecule has 1 amide bonds. The number of nitrogens with zero attached hydrogens (tertiary/aromatic N) is 1. The van der Waals surface area contributed by atoms with E-state index in [9.17, 15) is 13.2 Å². The van der Waals surface area contributed by atoms with Crippen LogP contribution in [-0.2, 0) is 16.6 Å². The molecule has 0 bridgehead atoms. The minimum absolute atomic E-state index is 0.0657. The molecule has 0 saturated heterocycles. The summed E-state index contributed by atoms with van der Waals surface area (Å²) in [5, 5.41) is 0. The van der Waals surface area contributed by atoms with Crippen molar-refractivity contribution < 1.29 is 13.2 Å². The Bertz CT molecular complexity index is 833. The normalized spacial score (nSPS) is 11.1. The van der Waals surface area contributed by atoms with Crippen molar-refractivity contribution in [2.75, 3.05) is 13.1 Å². The molecule has 0 radical (unpaired) electrons. The fourth-order valence-electron chi connectivity index (χ4n) is 2.36. The summed E-state index contributed by atoms with van der Waals surface area (Å²) in [7, 11) is -3.66. The van der Waals surface area contributed by atoms with E-state index in [2.05, 4.69) is 11.3 Å². The predicted molar refractivity (Wildman–Crippen MR) is 98.7 cm³/mol. The van der Waals surface area contributed by atoms with Crippen molar-refractivity contribution in [2.24, 2.45) is 0 Å². The Morgan fingerprint density at radius 2 is 1.88 bits per heavy atom. The monoisotopic (exact) mass is 358 g/mol. The largest absolute Gasteiger partial charge is 0.335 e. The summed E-state index contributed by atoms with van der Waals surface area (Å²) >= 11 is 0. The van der Waals surface area contributed by atoms with Crippen LogP contribution in [0.1, 0.15) is 22.8 Å². The van der Waals surface area contributed by atoms with Gasteiger partial charge in [0.2, 0.25) is 10.0 Å². The highest BCUT2D eigenvalue weighted by Crippen LogP contribution is 2.15. The maximum atomic E-state index is 12.8. The molecule has 0 spiro atoms. The lowest BCUT2D eigenvalue weighted by molar-refractivity contribution is 0.0752. The first kappa shape index (κ1) is 18.9. The highest BCUT2D eigenvalue weighted by atomic mass is 32.2. The summed E-state index contributed by atoms with van der Waals surface area (Å²) in [5.41, 5.74) is 1.37. The summed E-state index contributed by atoms with van der Waals surface area (Å²) in [6.45, 7) is 6.52. The zero-order valence-corrected chi connectivity index (χ0v) is 15.0. The molecule has 5 nitrogen and oxygen atoms in total. The second-order valence-corrected chi connectivity index (χ2v) is 7.24. The van der Waals surface area contributed by atoms with E-state index in [-0.39, 0.29) is 17.3 Å². The van der Waals surface area contributed by atoms with Crippen LogP contribution in [0.3, 0.4) is 0 Å². The van der Waals surface area contributed by atoms with Gasteiger partial charge in [0.1, 0.15) is 0 Å². The third-order valence-electron chi connectivity index (χ3n) is 3.69. The average Bonchev–Trinajstić information content (AvgIpc) is 2.65. The second kappa shape index (κ2) is 8.60. The maximum Gasteiger partial charge on any atom is 0.254 e. The molecule has 0 aliphatic rings. The van der Waals surface area contributed by atoms with Crippen molar-refractivity contribution in [3.05, 3.63) is 78.4 Å². The van der Waals surface area contributed by atoms with Gasteiger partial charge in [-0.15, -0.1) is 6.58 Å². The van der Waals surface area contributed by atoms with Crippen molar-refractivity contribution in [3.63, 3.8) is 0 Å². The van der Waals surface area contributed by atoms with Gasteiger partial charge in [-0.1, -0.05) is 42.5 Å². The third-order valence-corrected chi connectivity index (χ3v) is 5.12. The first-order valence-corrected chi connectivity index (χ1v) is 9.50. The Balaban J connectivity index is 2.23. The number of nitrogens with one attached hydrogen (secondary N) is 1. The fraction of sp³-hybridized carbons (Fsp3) is 0.211. The van der Waals surface area contributed by atoms with Crippen LogP contribution in [0.25, 0.3) is 0 Å². The summed E-state index contributed by atoms with van der Waals surface area (Å²) < 4.78 is 26.8. The third kappa shape index (κ3) is 5.01. The van der Waals surface area contributed by atoms with Crippen molar-refractivity contribution in [1.82, 2.24) is 9.62 Å².